The van der Waals surface area contributed by atoms with Crippen LogP contribution in [-0.2, 0) is 15.6 Å². The highest BCUT2D eigenvalue weighted by Crippen LogP contribution is 2.30. The lowest BCUT2D eigenvalue weighted by molar-refractivity contribution is -0.136. The second-order valence-electron chi connectivity index (χ2n) is 4.56. The van der Waals surface area contributed by atoms with E-state index in [0.29, 0.717) is 5.52 Å². The van der Waals surface area contributed by atoms with Gasteiger partial charge in [0, 0.05) is 10.8 Å². The fraction of sp³-hybridized carbons (Fsp3) is 0.154. The molecule has 0 saturated carbocycles. The minimum absolute atomic E-state index is 0.137. The van der Waals surface area contributed by atoms with Crippen LogP contribution in [0.2, 0.25) is 0 Å². The summed E-state index contributed by atoms with van der Waals surface area (Å²) in [4.78, 5) is 0. The van der Waals surface area contributed by atoms with Crippen LogP contribution in [0.5, 0.6) is 0 Å². The Morgan fingerprint density at radius 2 is 2.14 bits per heavy atom. The number of hydrogen-bond donors (Lipinski definition) is 2. The van der Waals surface area contributed by atoms with E-state index in [1.165, 1.54) is 24.6 Å². The standard InChI is InChI=1S/C13H10BF3N2O3/c15-13(16,17)9-4-5-10-8(7-18-19-10)12(9)14(20)22-11-3-1-2-6-21-11/h1-7,11,20H,(H,18,19). The number of allylic oxidation sites excluding steroid dienone is 2. The number of alkyl halides is 3. The number of H-pyrrole nitrogens is 1. The summed E-state index contributed by atoms with van der Waals surface area (Å²) in [5, 5.41) is 16.5. The molecule has 9 heteroatoms. The lowest BCUT2D eigenvalue weighted by Gasteiger charge is -2.20. The van der Waals surface area contributed by atoms with E-state index in [9.17, 15) is 18.2 Å². The molecule has 1 unspecified atom stereocenters. The van der Waals surface area contributed by atoms with E-state index in [4.69, 9.17) is 9.39 Å². The maximum absolute atomic E-state index is 13.2. The first-order valence-corrected chi connectivity index (χ1v) is 6.32. The molecule has 1 aliphatic rings. The zero-order chi connectivity index (χ0) is 15.7. The average molecular weight is 310 g/mol. The van der Waals surface area contributed by atoms with Crippen LogP contribution in [0.4, 0.5) is 13.2 Å². The number of aromatic amines is 1. The van der Waals surface area contributed by atoms with Crippen LogP contribution in [0, 0.1) is 0 Å². The number of nitrogens with zero attached hydrogens (tertiary/aromatic N) is 1. The second-order valence-corrected chi connectivity index (χ2v) is 4.56. The Hall–Kier alpha value is -2.26. The van der Waals surface area contributed by atoms with Gasteiger partial charge in [0.15, 0.2) is 0 Å². The lowest BCUT2D eigenvalue weighted by Crippen LogP contribution is -2.42. The van der Waals surface area contributed by atoms with Gasteiger partial charge in [-0.05, 0) is 24.3 Å². The monoisotopic (exact) mass is 310 g/mol. The van der Waals surface area contributed by atoms with Crippen LogP contribution in [0.15, 0.2) is 42.8 Å². The second kappa shape index (κ2) is 5.50. The molecule has 1 aliphatic heterocycles. The summed E-state index contributed by atoms with van der Waals surface area (Å²) in [6.45, 7) is 0. The van der Waals surface area contributed by atoms with Gasteiger partial charge in [0.2, 0.25) is 6.29 Å². The van der Waals surface area contributed by atoms with Gasteiger partial charge >= 0.3 is 13.3 Å². The molecular weight excluding hydrogens is 300 g/mol. The largest absolute Gasteiger partial charge is 0.495 e. The highest BCUT2D eigenvalue weighted by atomic mass is 19.4. The minimum atomic E-state index is -4.63. The molecule has 0 fully saturated rings. The number of rotatable bonds is 3. The van der Waals surface area contributed by atoms with Gasteiger partial charge in [0.1, 0.15) is 0 Å². The maximum atomic E-state index is 13.2. The van der Waals surface area contributed by atoms with Crippen molar-refractivity contribution in [2.45, 2.75) is 12.5 Å². The topological polar surface area (TPSA) is 67.4 Å². The van der Waals surface area contributed by atoms with Gasteiger partial charge in [0.25, 0.3) is 0 Å². The summed E-state index contributed by atoms with van der Waals surface area (Å²) in [6, 6.07) is 2.13. The van der Waals surface area contributed by atoms with Crippen molar-refractivity contribution in [2.75, 3.05) is 0 Å². The molecule has 22 heavy (non-hydrogen) atoms. The van der Waals surface area contributed by atoms with Crippen LogP contribution < -0.4 is 5.46 Å². The normalized spacial score (nSPS) is 17.7. The highest BCUT2D eigenvalue weighted by Gasteiger charge is 2.39. The van der Waals surface area contributed by atoms with Crippen LogP contribution in [0.25, 0.3) is 10.9 Å². The SMILES string of the molecule is OB(OC1C=CC=CO1)c1c(C(F)(F)F)ccc2[nH]ncc12. The van der Waals surface area contributed by atoms with E-state index in [2.05, 4.69) is 10.2 Å². The van der Waals surface area contributed by atoms with Gasteiger partial charge in [0.05, 0.1) is 23.5 Å². The Bertz CT molecular complexity index is 742. The first-order chi connectivity index (χ1) is 10.5. The molecule has 1 atom stereocenters. The predicted molar refractivity (Wildman–Crippen MR) is 72.9 cm³/mol. The Balaban J connectivity index is 2.01. The van der Waals surface area contributed by atoms with Crippen molar-refractivity contribution < 1.29 is 27.6 Å². The van der Waals surface area contributed by atoms with E-state index < -0.39 is 30.6 Å². The molecule has 1 aromatic heterocycles. The smallest absolute Gasteiger partial charge is 0.470 e. The third kappa shape index (κ3) is 2.72. The van der Waals surface area contributed by atoms with Gasteiger partial charge < -0.3 is 14.4 Å². The molecule has 5 nitrogen and oxygen atoms in total. The van der Waals surface area contributed by atoms with E-state index in [1.807, 2.05) is 0 Å². The summed E-state index contributed by atoms with van der Waals surface area (Å²) in [5.74, 6) is 0. The van der Waals surface area contributed by atoms with E-state index in [1.54, 1.807) is 12.2 Å². The Morgan fingerprint density at radius 1 is 1.32 bits per heavy atom. The number of aromatic nitrogens is 2. The predicted octanol–water partition coefficient (Wildman–Crippen LogP) is 1.71. The number of nitrogens with one attached hydrogen (secondary N) is 1. The van der Waals surface area contributed by atoms with Crippen molar-refractivity contribution >= 4 is 23.5 Å². The summed E-state index contributed by atoms with van der Waals surface area (Å²) >= 11 is 0. The molecule has 0 spiro atoms. The zero-order valence-corrected chi connectivity index (χ0v) is 11.0. The molecule has 0 aliphatic carbocycles. The van der Waals surface area contributed by atoms with Crippen LogP contribution in [0.3, 0.4) is 0 Å². The van der Waals surface area contributed by atoms with Crippen molar-refractivity contribution in [2.24, 2.45) is 0 Å². The van der Waals surface area contributed by atoms with Crippen molar-refractivity contribution in [1.29, 1.82) is 0 Å². The molecule has 2 N–H and O–H groups in total. The van der Waals surface area contributed by atoms with E-state index >= 15 is 0 Å². The van der Waals surface area contributed by atoms with Crippen LogP contribution >= 0.6 is 0 Å². The average Bonchev–Trinajstić information content (AvgIpc) is 2.94. The molecule has 2 heterocycles. The van der Waals surface area contributed by atoms with Crippen molar-refractivity contribution in [3.63, 3.8) is 0 Å². The van der Waals surface area contributed by atoms with Crippen molar-refractivity contribution in [3.05, 3.63) is 48.4 Å². The molecule has 0 saturated heterocycles. The summed E-state index contributed by atoms with van der Waals surface area (Å²) in [6.07, 6.45) is 1.59. The van der Waals surface area contributed by atoms with Gasteiger partial charge in [-0.2, -0.15) is 18.3 Å². The van der Waals surface area contributed by atoms with Gasteiger partial charge in [-0.15, -0.1) is 0 Å². The molecule has 0 amide bonds. The van der Waals surface area contributed by atoms with E-state index in [0.717, 1.165) is 6.07 Å². The van der Waals surface area contributed by atoms with E-state index in [-0.39, 0.29) is 5.39 Å². The lowest BCUT2D eigenvalue weighted by atomic mass is 9.74. The van der Waals surface area contributed by atoms with Gasteiger partial charge in [-0.1, -0.05) is 6.08 Å². The number of benzene rings is 1. The van der Waals surface area contributed by atoms with Crippen molar-refractivity contribution in [3.8, 4) is 0 Å². The number of hydrogen-bond acceptors (Lipinski definition) is 4. The molecule has 0 radical (unpaired) electrons. The number of ether oxygens (including phenoxy) is 1. The third-order valence-corrected chi connectivity index (χ3v) is 3.15. The van der Waals surface area contributed by atoms with Crippen LogP contribution in [-0.4, -0.2) is 28.6 Å². The molecule has 3 rings (SSSR count). The molecule has 114 valence electrons. The fourth-order valence-corrected chi connectivity index (χ4v) is 2.19. The summed E-state index contributed by atoms with van der Waals surface area (Å²) in [5.41, 5.74) is -1.01. The first-order valence-electron chi connectivity index (χ1n) is 6.32. The molecule has 2 aromatic rings. The van der Waals surface area contributed by atoms with Crippen LogP contribution in [0.1, 0.15) is 5.56 Å². The quantitative estimate of drug-likeness (QED) is 0.847. The molecular formula is C13H10BF3N2O3. The Labute approximate surface area is 123 Å². The number of fused-ring (bicyclic) bond motifs is 1. The van der Waals surface area contributed by atoms with Gasteiger partial charge in [-0.3, -0.25) is 5.10 Å². The fourth-order valence-electron chi connectivity index (χ4n) is 2.19. The summed E-state index contributed by atoms with van der Waals surface area (Å²) in [7, 11) is -1.82. The third-order valence-electron chi connectivity index (χ3n) is 3.15. The minimum Gasteiger partial charge on any atom is -0.470 e. The maximum Gasteiger partial charge on any atom is 0.495 e. The number of halogens is 3. The first kappa shape index (κ1) is 14.7. The molecule has 1 aromatic carbocycles. The molecule has 0 bridgehead atoms. The Kier molecular flexibility index (Phi) is 3.67. The van der Waals surface area contributed by atoms with Gasteiger partial charge in [-0.25, -0.2) is 0 Å². The van der Waals surface area contributed by atoms with Crippen molar-refractivity contribution in [1.82, 2.24) is 10.2 Å². The zero-order valence-electron chi connectivity index (χ0n) is 11.0. The Morgan fingerprint density at radius 3 is 2.82 bits per heavy atom. The highest BCUT2D eigenvalue weighted by molar-refractivity contribution is 6.63. The summed E-state index contributed by atoms with van der Waals surface area (Å²) < 4.78 is 49.7.